The first kappa shape index (κ1) is 83.1. The average molecular weight is 1580 g/mol. The summed E-state index contributed by atoms with van der Waals surface area (Å²) in [7, 11) is 0. The summed E-state index contributed by atoms with van der Waals surface area (Å²) in [6, 6.07) is 30.5. The first-order valence-corrected chi connectivity index (χ1v) is 46.0. The monoisotopic (exact) mass is 1580 g/mol. The van der Waals surface area contributed by atoms with E-state index in [0.29, 0.717) is 107 Å². The quantitative estimate of drug-likeness (QED) is 0.0530. The molecule has 0 amide bonds. The molecule has 0 nitrogen and oxygen atoms in total. The molecule has 6 radical (unpaired) electrons. The zero-order valence-corrected chi connectivity index (χ0v) is 75.4. The van der Waals surface area contributed by atoms with Gasteiger partial charge >= 0.3 is 614 Å². The van der Waals surface area contributed by atoms with E-state index < -0.39 is 63.4 Å². The van der Waals surface area contributed by atoms with Gasteiger partial charge in [0, 0.05) is 0 Å². The Kier molecular flexibility index (Phi) is 32.8. The second kappa shape index (κ2) is 36.7. The standard InChI is InChI=1S/6C15H23.3Sn/c6*1-10(2)13-7-14(11(3)4)9-15(8-13)12(5)6;;;/h6*7-8,10-12H,1-6H3;;;. The molecule has 6 rings (SSSR count). The maximum atomic E-state index is 2.55. The zero-order valence-electron chi connectivity index (χ0n) is 66.8. The van der Waals surface area contributed by atoms with Crippen LogP contribution in [0.2, 0.25) is 0 Å². The average Bonchev–Trinajstić information content (AvgIpc) is 0.866. The number of benzene rings is 6. The Morgan fingerprint density at radius 2 is 0.204 bits per heavy atom. The van der Waals surface area contributed by atoms with Crippen molar-refractivity contribution in [2.24, 2.45) is 0 Å². The van der Waals surface area contributed by atoms with Gasteiger partial charge in [-0.1, -0.05) is 0 Å². The van der Waals surface area contributed by atoms with Crippen LogP contribution >= 0.6 is 0 Å². The van der Waals surface area contributed by atoms with Crippen molar-refractivity contribution < 1.29 is 0 Å². The van der Waals surface area contributed by atoms with Gasteiger partial charge in [0.15, 0.2) is 0 Å². The molecule has 0 aromatic heterocycles. The molecule has 0 bridgehead atoms. The predicted octanol–water partition coefficient (Wildman–Crippen LogP) is 24.2. The summed E-state index contributed by atoms with van der Waals surface area (Å²) >= 11 is -2.92. The molecule has 0 unspecified atom stereocenters. The van der Waals surface area contributed by atoms with E-state index in [4.69, 9.17) is 0 Å². The van der Waals surface area contributed by atoms with Crippen molar-refractivity contribution in [2.75, 3.05) is 0 Å². The molecule has 0 fully saturated rings. The molecule has 0 N–H and O–H groups in total. The van der Waals surface area contributed by atoms with E-state index in [1.807, 2.05) is 0 Å². The van der Waals surface area contributed by atoms with Crippen LogP contribution in [0, 0.1) is 0 Å². The fourth-order valence-corrected chi connectivity index (χ4v) is 32.4. The first-order valence-electron chi connectivity index (χ1n) is 37.4. The fraction of sp³-hybridized carbons (Fsp3) is 0.600. The molecule has 0 atom stereocenters. The topological polar surface area (TPSA) is 0 Å². The van der Waals surface area contributed by atoms with E-state index in [9.17, 15) is 0 Å². The van der Waals surface area contributed by atoms with Gasteiger partial charge in [0.25, 0.3) is 0 Å². The van der Waals surface area contributed by atoms with Crippen molar-refractivity contribution in [1.29, 1.82) is 0 Å². The Morgan fingerprint density at radius 3 is 0.258 bits per heavy atom. The normalized spacial score (nSPS) is 12.5. The molecular formula is C90H138Sn3. The Labute approximate surface area is 607 Å². The van der Waals surface area contributed by atoms with Gasteiger partial charge in [-0.2, -0.15) is 0 Å². The van der Waals surface area contributed by atoms with Crippen LogP contribution in [0.5, 0.6) is 0 Å². The summed E-state index contributed by atoms with van der Waals surface area (Å²) in [6.07, 6.45) is 0. The molecule has 0 aliphatic heterocycles. The molecule has 0 aliphatic rings. The number of rotatable bonds is 24. The molecule has 6 aromatic carbocycles. The van der Waals surface area contributed by atoms with Gasteiger partial charge in [-0.25, -0.2) is 0 Å². The molecule has 0 saturated heterocycles. The Morgan fingerprint density at radius 1 is 0.129 bits per heavy atom. The molecule has 510 valence electrons. The Balaban J connectivity index is 0.000000297. The van der Waals surface area contributed by atoms with Crippen LogP contribution in [0.1, 0.15) is 456 Å². The summed E-state index contributed by atoms with van der Waals surface area (Å²) in [5.41, 5.74) is 28.6. The molecule has 0 saturated carbocycles. The van der Waals surface area contributed by atoms with Gasteiger partial charge in [-0.3, -0.25) is 0 Å². The van der Waals surface area contributed by atoms with Gasteiger partial charge in [-0.05, 0) is 0 Å². The van der Waals surface area contributed by atoms with E-state index in [0.717, 1.165) is 0 Å². The van der Waals surface area contributed by atoms with Gasteiger partial charge < -0.3 is 0 Å². The molecule has 0 heterocycles. The first-order chi connectivity index (χ1) is 43.0. The third kappa shape index (κ3) is 21.9. The van der Waals surface area contributed by atoms with Crippen molar-refractivity contribution >= 4 is 84.9 Å². The van der Waals surface area contributed by atoms with Crippen LogP contribution in [-0.2, 0) is 0 Å². The van der Waals surface area contributed by atoms with Crippen molar-refractivity contribution in [1.82, 2.24) is 0 Å². The molecule has 0 aliphatic carbocycles. The third-order valence-electron chi connectivity index (χ3n) is 19.5. The van der Waals surface area contributed by atoms with Crippen LogP contribution in [0.25, 0.3) is 0 Å². The van der Waals surface area contributed by atoms with Crippen LogP contribution in [0.15, 0.2) is 72.8 Å². The Bertz CT molecular complexity index is 2600. The number of hydrogen-bond acceptors (Lipinski definition) is 0. The molecule has 93 heavy (non-hydrogen) atoms. The number of hydrogen-bond donors (Lipinski definition) is 0. The second-order valence-electron chi connectivity index (χ2n) is 33.6. The van der Waals surface area contributed by atoms with Gasteiger partial charge in [0.2, 0.25) is 0 Å². The van der Waals surface area contributed by atoms with E-state index in [1.54, 1.807) is 88.2 Å². The SMILES string of the molecule is CC(C)c1cc(C(C)C)[c]([Sn][c]2c(C(C)C)cc(C(C)C)cc2C(C)C)c(C(C)C)c1.CC(C)c1cc(C(C)C)[c]([Sn][c]2c(C(C)C)cc(C(C)C)cc2C(C)C)c(C(C)C)c1.CC(C)c1cc(C(C)C)[c]([Sn][c]2c(C(C)C)cc(C(C)C)cc2C(C)C)c(C(C)C)c1. The molecule has 0 spiro atoms. The molecule has 6 aromatic rings. The third-order valence-corrected chi connectivity index (χ3v) is 33.7. The van der Waals surface area contributed by atoms with Crippen LogP contribution in [0.4, 0.5) is 0 Å². The zero-order chi connectivity index (χ0) is 70.9. The van der Waals surface area contributed by atoms with E-state index in [-0.39, 0.29) is 0 Å². The van der Waals surface area contributed by atoms with Crippen molar-refractivity contribution in [3.05, 3.63) is 173 Å². The maximum absolute atomic E-state index is 2.55. The Hall–Kier alpha value is -2.28. The van der Waals surface area contributed by atoms with Gasteiger partial charge in [-0.15, -0.1) is 0 Å². The molecule has 3 heteroatoms. The van der Waals surface area contributed by atoms with Crippen LogP contribution in [0.3, 0.4) is 0 Å². The summed E-state index contributed by atoms with van der Waals surface area (Å²) < 4.78 is 10.5. The summed E-state index contributed by atoms with van der Waals surface area (Å²) in [6.45, 7) is 85.4. The van der Waals surface area contributed by atoms with Gasteiger partial charge in [0.1, 0.15) is 0 Å². The minimum absolute atomic E-state index is 0.576. The van der Waals surface area contributed by atoms with E-state index in [1.165, 1.54) is 33.4 Å². The summed E-state index contributed by atoms with van der Waals surface area (Å²) in [5, 5.41) is 0. The predicted molar refractivity (Wildman–Crippen MR) is 427 cm³/mol. The summed E-state index contributed by atoms with van der Waals surface area (Å²) in [5.74, 6) is 10.4. The van der Waals surface area contributed by atoms with Gasteiger partial charge in [0.05, 0.1) is 0 Å². The second-order valence-corrected chi connectivity index (χ2v) is 44.3. The summed E-state index contributed by atoms with van der Waals surface area (Å²) in [4.78, 5) is 0. The van der Waals surface area contributed by atoms with Crippen LogP contribution in [-0.4, -0.2) is 63.4 Å². The minimum atomic E-state index is -0.973. The van der Waals surface area contributed by atoms with Crippen molar-refractivity contribution in [2.45, 2.75) is 356 Å². The van der Waals surface area contributed by atoms with Crippen molar-refractivity contribution in [3.63, 3.8) is 0 Å². The van der Waals surface area contributed by atoms with E-state index >= 15 is 0 Å². The van der Waals surface area contributed by atoms with Crippen LogP contribution < -0.4 is 21.5 Å². The molecular weight excluding hydrogens is 1440 g/mol. The fourth-order valence-electron chi connectivity index (χ4n) is 13.0. The van der Waals surface area contributed by atoms with E-state index in [2.05, 4.69) is 322 Å². The van der Waals surface area contributed by atoms with Crippen molar-refractivity contribution in [3.8, 4) is 0 Å².